The molecule has 0 saturated carbocycles. The van der Waals surface area contributed by atoms with Crippen molar-refractivity contribution in [3.8, 4) is 0 Å². The molecule has 0 radical (unpaired) electrons. The predicted molar refractivity (Wildman–Crippen MR) is 74.1 cm³/mol. The maximum Gasteiger partial charge on any atom is 0.154 e. The third-order valence-electron chi connectivity index (χ3n) is 2.82. The van der Waals surface area contributed by atoms with Gasteiger partial charge in [0.15, 0.2) is 5.82 Å². The smallest absolute Gasteiger partial charge is 0.154 e. The fourth-order valence-electron chi connectivity index (χ4n) is 1.89. The number of hydrogen-bond donors (Lipinski definition) is 0. The Morgan fingerprint density at radius 2 is 1.65 bits per heavy atom. The van der Waals surface area contributed by atoms with Crippen LogP contribution in [0.3, 0.4) is 0 Å². The van der Waals surface area contributed by atoms with Crippen molar-refractivity contribution in [3.63, 3.8) is 0 Å². The fraction of sp³-hybridized carbons (Fsp3) is 0.0714. The van der Waals surface area contributed by atoms with Gasteiger partial charge in [0.2, 0.25) is 0 Å². The van der Waals surface area contributed by atoms with Crippen LogP contribution in [0, 0.1) is 0 Å². The molecule has 0 spiro atoms. The van der Waals surface area contributed by atoms with Gasteiger partial charge in [-0.2, -0.15) is 4.37 Å². The Balaban J connectivity index is 2.10. The molecule has 2 aromatic carbocycles. The first-order valence-corrected chi connectivity index (χ1v) is 6.27. The molecule has 3 aromatic rings. The molecule has 0 saturated heterocycles. The minimum absolute atomic E-state index is 1.02. The number of fused-ring (bicyclic) bond motifs is 1. The van der Waals surface area contributed by atoms with Crippen molar-refractivity contribution in [1.82, 2.24) is 4.37 Å². The third-order valence-corrected chi connectivity index (χ3v) is 3.64. The molecular weight excluding hydrogens is 228 g/mol. The van der Waals surface area contributed by atoms with Crippen LogP contribution in [0.5, 0.6) is 0 Å². The highest BCUT2D eigenvalue weighted by Crippen LogP contribution is 2.32. The summed E-state index contributed by atoms with van der Waals surface area (Å²) in [4.78, 5) is 2.12. The topological polar surface area (TPSA) is 16.1 Å². The zero-order chi connectivity index (χ0) is 11.7. The van der Waals surface area contributed by atoms with Crippen LogP contribution in [0.1, 0.15) is 0 Å². The van der Waals surface area contributed by atoms with Crippen molar-refractivity contribution in [2.75, 3.05) is 11.9 Å². The van der Waals surface area contributed by atoms with Crippen molar-refractivity contribution in [3.05, 3.63) is 54.6 Å². The first-order valence-electron chi connectivity index (χ1n) is 5.49. The molecular formula is C14H12N2S. The molecule has 17 heavy (non-hydrogen) atoms. The maximum absolute atomic E-state index is 4.54. The normalized spacial score (nSPS) is 10.6. The molecule has 0 N–H and O–H groups in total. The lowest BCUT2D eigenvalue weighted by Gasteiger charge is -2.16. The molecule has 1 heterocycles. The lowest BCUT2D eigenvalue weighted by atomic mass is 10.2. The van der Waals surface area contributed by atoms with Crippen molar-refractivity contribution < 1.29 is 0 Å². The zero-order valence-corrected chi connectivity index (χ0v) is 10.3. The third kappa shape index (κ3) is 1.78. The Labute approximate surface area is 104 Å². The summed E-state index contributed by atoms with van der Waals surface area (Å²) in [6.45, 7) is 0. The lowest BCUT2D eigenvalue weighted by Crippen LogP contribution is -2.09. The van der Waals surface area contributed by atoms with Crippen LogP contribution < -0.4 is 4.90 Å². The molecule has 3 rings (SSSR count). The second-order valence-electron chi connectivity index (χ2n) is 3.90. The minimum Gasteiger partial charge on any atom is -0.328 e. The lowest BCUT2D eigenvalue weighted by molar-refractivity contribution is 1.18. The summed E-state index contributed by atoms with van der Waals surface area (Å²) in [5.41, 5.74) is 1.16. The monoisotopic (exact) mass is 240 g/mol. The summed E-state index contributed by atoms with van der Waals surface area (Å²) in [5.74, 6) is 1.02. The molecule has 0 fully saturated rings. The van der Waals surface area contributed by atoms with Gasteiger partial charge in [0.1, 0.15) is 0 Å². The number of para-hydroxylation sites is 1. The SMILES string of the molecule is CN(c1ccccc1)c1nsc2ccccc12. The van der Waals surface area contributed by atoms with Crippen LogP contribution >= 0.6 is 11.5 Å². The van der Waals surface area contributed by atoms with E-state index in [1.54, 1.807) is 11.5 Å². The standard InChI is InChI=1S/C14H12N2S/c1-16(11-7-3-2-4-8-11)14-12-9-5-6-10-13(12)17-15-14/h2-10H,1H3. The van der Waals surface area contributed by atoms with Gasteiger partial charge in [-0.15, -0.1) is 0 Å². The number of aromatic nitrogens is 1. The molecule has 0 bridgehead atoms. The predicted octanol–water partition coefficient (Wildman–Crippen LogP) is 4.06. The van der Waals surface area contributed by atoms with Gasteiger partial charge < -0.3 is 4.90 Å². The highest BCUT2D eigenvalue weighted by molar-refractivity contribution is 7.13. The Kier molecular flexibility index (Phi) is 2.53. The molecule has 0 aliphatic carbocycles. The number of anilines is 2. The first-order chi connectivity index (χ1) is 8.36. The molecule has 3 heteroatoms. The van der Waals surface area contributed by atoms with Gasteiger partial charge in [-0.05, 0) is 35.8 Å². The van der Waals surface area contributed by atoms with E-state index >= 15 is 0 Å². The van der Waals surface area contributed by atoms with Gasteiger partial charge in [0.05, 0.1) is 4.70 Å². The van der Waals surface area contributed by atoms with E-state index in [2.05, 4.69) is 46.7 Å². The molecule has 0 aliphatic heterocycles. The molecule has 1 aromatic heterocycles. The van der Waals surface area contributed by atoms with E-state index in [0.717, 1.165) is 11.5 Å². The van der Waals surface area contributed by atoms with E-state index < -0.39 is 0 Å². The summed E-state index contributed by atoms with van der Waals surface area (Å²) < 4.78 is 5.77. The summed E-state index contributed by atoms with van der Waals surface area (Å²) in [7, 11) is 2.05. The van der Waals surface area contributed by atoms with Crippen LogP contribution in [-0.4, -0.2) is 11.4 Å². The molecule has 0 unspecified atom stereocenters. The van der Waals surface area contributed by atoms with Gasteiger partial charge in [0.25, 0.3) is 0 Å². The molecule has 0 aliphatic rings. The fourth-order valence-corrected chi connectivity index (χ4v) is 2.69. The van der Waals surface area contributed by atoms with Crippen LogP contribution in [0.4, 0.5) is 11.5 Å². The second kappa shape index (κ2) is 4.18. The van der Waals surface area contributed by atoms with Gasteiger partial charge in [-0.3, -0.25) is 0 Å². The van der Waals surface area contributed by atoms with E-state index in [1.165, 1.54) is 10.1 Å². The van der Waals surface area contributed by atoms with Crippen molar-refractivity contribution in [2.45, 2.75) is 0 Å². The average molecular weight is 240 g/mol. The van der Waals surface area contributed by atoms with Crippen molar-refractivity contribution in [2.24, 2.45) is 0 Å². The highest BCUT2D eigenvalue weighted by atomic mass is 32.1. The zero-order valence-electron chi connectivity index (χ0n) is 9.50. The molecule has 0 atom stereocenters. The molecule has 84 valence electrons. The maximum atomic E-state index is 4.54. The highest BCUT2D eigenvalue weighted by Gasteiger charge is 2.10. The number of rotatable bonds is 2. The van der Waals surface area contributed by atoms with Crippen LogP contribution in [-0.2, 0) is 0 Å². The van der Waals surface area contributed by atoms with Crippen LogP contribution in [0.25, 0.3) is 10.1 Å². The van der Waals surface area contributed by atoms with Crippen molar-refractivity contribution in [1.29, 1.82) is 0 Å². The summed E-state index contributed by atoms with van der Waals surface area (Å²) in [6.07, 6.45) is 0. The van der Waals surface area contributed by atoms with E-state index in [9.17, 15) is 0 Å². The minimum atomic E-state index is 1.02. The van der Waals surface area contributed by atoms with E-state index in [0.29, 0.717) is 0 Å². The average Bonchev–Trinajstić information content (AvgIpc) is 2.83. The molecule has 0 amide bonds. The quantitative estimate of drug-likeness (QED) is 0.671. The van der Waals surface area contributed by atoms with Crippen LogP contribution in [0.15, 0.2) is 54.6 Å². The van der Waals surface area contributed by atoms with E-state index in [-0.39, 0.29) is 0 Å². The summed E-state index contributed by atoms with van der Waals surface area (Å²) in [5, 5.41) is 1.21. The number of nitrogens with zero attached hydrogens (tertiary/aromatic N) is 2. The summed E-state index contributed by atoms with van der Waals surface area (Å²) in [6, 6.07) is 18.6. The van der Waals surface area contributed by atoms with Crippen molar-refractivity contribution >= 4 is 33.1 Å². The van der Waals surface area contributed by atoms with E-state index in [1.807, 2.05) is 24.3 Å². The largest absolute Gasteiger partial charge is 0.328 e. The van der Waals surface area contributed by atoms with Gasteiger partial charge in [-0.25, -0.2) is 0 Å². The Hall–Kier alpha value is -1.87. The first kappa shape index (κ1) is 10.3. The second-order valence-corrected chi connectivity index (χ2v) is 4.70. The van der Waals surface area contributed by atoms with Gasteiger partial charge >= 0.3 is 0 Å². The number of benzene rings is 2. The van der Waals surface area contributed by atoms with Gasteiger partial charge in [0, 0.05) is 18.1 Å². The van der Waals surface area contributed by atoms with E-state index in [4.69, 9.17) is 0 Å². The van der Waals surface area contributed by atoms with Crippen LogP contribution in [0.2, 0.25) is 0 Å². The Bertz CT molecular complexity index is 631. The Morgan fingerprint density at radius 1 is 0.941 bits per heavy atom. The summed E-state index contributed by atoms with van der Waals surface area (Å²) >= 11 is 1.55. The van der Waals surface area contributed by atoms with Gasteiger partial charge in [-0.1, -0.05) is 30.3 Å². The Morgan fingerprint density at radius 3 is 2.47 bits per heavy atom. The molecule has 2 nitrogen and oxygen atoms in total. The number of hydrogen-bond acceptors (Lipinski definition) is 3.